The van der Waals surface area contributed by atoms with Gasteiger partial charge in [0.25, 0.3) is 0 Å². The van der Waals surface area contributed by atoms with E-state index in [0.717, 1.165) is 0 Å². The number of carbonyl (C=O) groups excluding carboxylic acids is 2. The van der Waals surface area contributed by atoms with Gasteiger partial charge in [0, 0.05) is 24.3 Å². The van der Waals surface area contributed by atoms with Crippen molar-refractivity contribution in [3.63, 3.8) is 0 Å². The van der Waals surface area contributed by atoms with Crippen LogP contribution in [0.4, 0.5) is 5.69 Å². The van der Waals surface area contributed by atoms with Gasteiger partial charge in [-0.25, -0.2) is 0 Å². The lowest BCUT2D eigenvalue weighted by Gasteiger charge is -2.35. The number of nitrogens with zero attached hydrogens (tertiary/aromatic N) is 2. The third kappa shape index (κ3) is 2.43. The van der Waals surface area contributed by atoms with Gasteiger partial charge in [0.05, 0.1) is 11.6 Å². The number of amides is 1. The zero-order chi connectivity index (χ0) is 14.0. The monoisotopic (exact) mass is 257 g/mol. The molecule has 5 heteroatoms. The minimum absolute atomic E-state index is 0.0666. The average Bonchev–Trinajstić information content (AvgIpc) is 2.41. The summed E-state index contributed by atoms with van der Waals surface area (Å²) in [6.07, 6.45) is 0. The number of nitriles is 1. The van der Waals surface area contributed by atoms with E-state index in [-0.39, 0.29) is 17.7 Å². The van der Waals surface area contributed by atoms with Crippen molar-refractivity contribution in [2.24, 2.45) is 0 Å². The molecule has 1 heterocycles. The Bertz CT molecular complexity index is 575. The van der Waals surface area contributed by atoms with Gasteiger partial charge in [-0.3, -0.25) is 9.59 Å². The molecule has 1 unspecified atom stereocenters. The predicted octanol–water partition coefficient (Wildman–Crippen LogP) is 1.09. The number of piperazine rings is 1. The highest BCUT2D eigenvalue weighted by molar-refractivity contribution is 6.01. The molecule has 1 aromatic carbocycles. The van der Waals surface area contributed by atoms with Crippen molar-refractivity contribution < 1.29 is 9.59 Å². The Morgan fingerprint density at radius 1 is 1.53 bits per heavy atom. The first kappa shape index (κ1) is 13.1. The SMILES string of the molecule is CC(=O)c1ccc(C#N)cc1N1CCNC(=O)C1C. The maximum Gasteiger partial charge on any atom is 0.242 e. The second kappa shape index (κ2) is 5.11. The number of nitrogens with one attached hydrogen (secondary N) is 1. The molecule has 0 aromatic heterocycles. The van der Waals surface area contributed by atoms with Crippen LogP contribution in [0.15, 0.2) is 18.2 Å². The van der Waals surface area contributed by atoms with E-state index in [2.05, 4.69) is 11.4 Å². The Kier molecular flexibility index (Phi) is 3.52. The van der Waals surface area contributed by atoms with E-state index in [1.54, 1.807) is 25.1 Å². The zero-order valence-electron chi connectivity index (χ0n) is 10.9. The van der Waals surface area contributed by atoms with Gasteiger partial charge >= 0.3 is 0 Å². The van der Waals surface area contributed by atoms with Gasteiger partial charge in [-0.1, -0.05) is 0 Å². The van der Waals surface area contributed by atoms with Gasteiger partial charge in [-0.15, -0.1) is 0 Å². The van der Waals surface area contributed by atoms with Crippen molar-refractivity contribution in [2.45, 2.75) is 19.9 Å². The van der Waals surface area contributed by atoms with E-state index in [4.69, 9.17) is 5.26 Å². The predicted molar refractivity (Wildman–Crippen MR) is 71.0 cm³/mol. The smallest absolute Gasteiger partial charge is 0.242 e. The van der Waals surface area contributed by atoms with Gasteiger partial charge in [0.15, 0.2) is 5.78 Å². The van der Waals surface area contributed by atoms with Crippen molar-refractivity contribution >= 4 is 17.4 Å². The second-order valence-electron chi connectivity index (χ2n) is 4.56. The van der Waals surface area contributed by atoms with Gasteiger partial charge in [-0.2, -0.15) is 5.26 Å². The summed E-state index contributed by atoms with van der Waals surface area (Å²) in [7, 11) is 0. The van der Waals surface area contributed by atoms with Crippen LogP contribution in [-0.2, 0) is 4.79 Å². The maximum atomic E-state index is 11.7. The summed E-state index contributed by atoms with van der Waals surface area (Å²) in [6.45, 7) is 4.44. The number of carbonyl (C=O) groups is 2. The number of ketones is 1. The Morgan fingerprint density at radius 3 is 2.89 bits per heavy atom. The lowest BCUT2D eigenvalue weighted by atomic mass is 10.0. The van der Waals surface area contributed by atoms with E-state index in [0.29, 0.717) is 29.9 Å². The molecule has 0 spiro atoms. The summed E-state index contributed by atoms with van der Waals surface area (Å²) in [5.41, 5.74) is 1.69. The molecular weight excluding hydrogens is 242 g/mol. The van der Waals surface area contributed by atoms with Crippen LogP contribution in [0, 0.1) is 11.3 Å². The fourth-order valence-corrected chi connectivity index (χ4v) is 2.25. The molecule has 1 saturated heterocycles. The Morgan fingerprint density at radius 2 is 2.26 bits per heavy atom. The van der Waals surface area contributed by atoms with Crippen LogP contribution in [-0.4, -0.2) is 30.8 Å². The summed E-state index contributed by atoms with van der Waals surface area (Å²) in [5.74, 6) is -0.138. The van der Waals surface area contributed by atoms with Crippen LogP contribution in [0.2, 0.25) is 0 Å². The zero-order valence-corrected chi connectivity index (χ0v) is 10.9. The van der Waals surface area contributed by atoms with Crippen molar-refractivity contribution in [1.82, 2.24) is 5.32 Å². The molecule has 0 aliphatic carbocycles. The van der Waals surface area contributed by atoms with Crippen molar-refractivity contribution in [3.05, 3.63) is 29.3 Å². The number of hydrogen-bond acceptors (Lipinski definition) is 4. The molecule has 1 N–H and O–H groups in total. The lowest BCUT2D eigenvalue weighted by molar-refractivity contribution is -0.122. The molecule has 19 heavy (non-hydrogen) atoms. The van der Waals surface area contributed by atoms with Crippen LogP contribution in [0.3, 0.4) is 0 Å². The van der Waals surface area contributed by atoms with Crippen LogP contribution in [0.25, 0.3) is 0 Å². The number of anilines is 1. The van der Waals surface area contributed by atoms with E-state index in [9.17, 15) is 9.59 Å². The molecule has 0 saturated carbocycles. The second-order valence-corrected chi connectivity index (χ2v) is 4.56. The van der Waals surface area contributed by atoms with Gasteiger partial charge in [0.2, 0.25) is 5.91 Å². The molecule has 0 radical (unpaired) electrons. The fraction of sp³-hybridized carbons (Fsp3) is 0.357. The number of hydrogen-bond donors (Lipinski definition) is 1. The molecule has 1 atom stereocenters. The van der Waals surface area contributed by atoms with Crippen molar-refractivity contribution in [3.8, 4) is 6.07 Å². The fourth-order valence-electron chi connectivity index (χ4n) is 2.25. The molecule has 0 bridgehead atoms. The molecule has 1 aliphatic rings. The molecule has 1 fully saturated rings. The number of benzene rings is 1. The molecule has 5 nitrogen and oxygen atoms in total. The third-order valence-electron chi connectivity index (χ3n) is 3.31. The minimum atomic E-state index is -0.346. The van der Waals surface area contributed by atoms with Crippen LogP contribution in [0.5, 0.6) is 0 Å². The maximum absolute atomic E-state index is 11.7. The highest BCUT2D eigenvalue weighted by Gasteiger charge is 2.27. The summed E-state index contributed by atoms with van der Waals surface area (Å²) >= 11 is 0. The Hall–Kier alpha value is -2.35. The molecular formula is C14H15N3O2. The molecule has 98 valence electrons. The largest absolute Gasteiger partial charge is 0.357 e. The Labute approximate surface area is 111 Å². The standard InChI is InChI=1S/C14H15N3O2/c1-9-14(19)16-5-6-17(9)13-7-11(8-15)3-4-12(13)10(2)18/h3-4,7,9H,5-6H2,1-2H3,(H,16,19). The lowest BCUT2D eigenvalue weighted by Crippen LogP contribution is -2.54. The average molecular weight is 257 g/mol. The van der Waals surface area contributed by atoms with E-state index < -0.39 is 0 Å². The van der Waals surface area contributed by atoms with Crippen molar-refractivity contribution in [1.29, 1.82) is 5.26 Å². The van der Waals surface area contributed by atoms with Crippen LogP contribution in [0.1, 0.15) is 29.8 Å². The normalized spacial score (nSPS) is 18.7. The summed E-state index contributed by atoms with van der Waals surface area (Å²) in [5, 5.41) is 11.8. The summed E-state index contributed by atoms with van der Waals surface area (Å²) < 4.78 is 0. The highest BCUT2D eigenvalue weighted by atomic mass is 16.2. The molecule has 2 rings (SSSR count). The van der Waals surface area contributed by atoms with Gasteiger partial charge < -0.3 is 10.2 Å². The first-order valence-corrected chi connectivity index (χ1v) is 6.14. The summed E-state index contributed by atoms with van der Waals surface area (Å²) in [4.78, 5) is 25.3. The topological polar surface area (TPSA) is 73.2 Å². The van der Waals surface area contributed by atoms with E-state index in [1.807, 2.05) is 4.90 Å². The minimum Gasteiger partial charge on any atom is -0.357 e. The third-order valence-corrected chi connectivity index (χ3v) is 3.31. The first-order valence-electron chi connectivity index (χ1n) is 6.14. The molecule has 1 aromatic rings. The number of Topliss-reactive ketones (excluding diaryl/α,β-unsaturated/α-hetero) is 1. The van der Waals surface area contributed by atoms with E-state index >= 15 is 0 Å². The van der Waals surface area contributed by atoms with Crippen LogP contribution < -0.4 is 10.2 Å². The van der Waals surface area contributed by atoms with Gasteiger partial charge in [-0.05, 0) is 32.0 Å². The van der Waals surface area contributed by atoms with Crippen LogP contribution >= 0.6 is 0 Å². The van der Waals surface area contributed by atoms with E-state index in [1.165, 1.54) is 6.92 Å². The first-order chi connectivity index (χ1) is 9.04. The summed E-state index contributed by atoms with van der Waals surface area (Å²) in [6, 6.07) is 6.65. The van der Waals surface area contributed by atoms with Crippen molar-refractivity contribution in [2.75, 3.05) is 18.0 Å². The quantitative estimate of drug-likeness (QED) is 0.805. The highest BCUT2D eigenvalue weighted by Crippen LogP contribution is 2.25. The Balaban J connectivity index is 2.50. The molecule has 1 amide bonds. The van der Waals surface area contributed by atoms with Gasteiger partial charge in [0.1, 0.15) is 6.04 Å². The number of rotatable bonds is 2. The molecule has 1 aliphatic heterocycles.